The molecular formula is C7H5NS. The third kappa shape index (κ3) is 1.79. The summed E-state index contributed by atoms with van der Waals surface area (Å²) in [6.45, 7) is 6.53. The van der Waals surface area contributed by atoms with Crippen LogP contribution in [0.5, 0.6) is 0 Å². The Kier molecular flexibility index (Phi) is 2.17. The van der Waals surface area contributed by atoms with Crippen molar-refractivity contribution in [3.8, 4) is 0 Å². The minimum Gasteiger partial charge on any atom is -0.223 e. The molecule has 0 bridgehead atoms. The lowest BCUT2D eigenvalue weighted by atomic mass is 10.4. The summed E-state index contributed by atoms with van der Waals surface area (Å²) in [6.07, 6.45) is 0. The molecule has 1 nitrogen and oxygen atoms in total. The fourth-order valence-electron chi connectivity index (χ4n) is 0.534. The first-order valence-electron chi connectivity index (χ1n) is 2.52. The number of rotatable bonds is 1. The molecule has 9 heavy (non-hydrogen) atoms. The molecule has 0 aliphatic heterocycles. The molecular weight excluding hydrogens is 130 g/mol. The van der Waals surface area contributed by atoms with E-state index < -0.39 is 0 Å². The minimum absolute atomic E-state index is 1.01. The summed E-state index contributed by atoms with van der Waals surface area (Å²) in [6, 6.07) is 9.63. The Hall–Kier alpha value is -0.940. The molecule has 0 saturated heterocycles. The predicted octanol–water partition coefficient (Wildman–Crippen LogP) is 2.61. The Bertz CT molecular complexity index is 212. The van der Waals surface area contributed by atoms with Crippen LogP contribution in [0, 0.1) is 6.57 Å². The number of hydrogen-bond donors (Lipinski definition) is 0. The summed E-state index contributed by atoms with van der Waals surface area (Å²) < 4.78 is 3.17. The molecule has 2 heteroatoms. The Labute approximate surface area is 58.7 Å². The average molecular weight is 135 g/mol. The molecule has 0 heterocycles. The van der Waals surface area contributed by atoms with E-state index in [1.54, 1.807) is 0 Å². The van der Waals surface area contributed by atoms with Gasteiger partial charge in [0.25, 0.3) is 11.9 Å². The lowest BCUT2D eigenvalue weighted by Gasteiger charge is -1.82. The largest absolute Gasteiger partial charge is 0.294 e. The monoisotopic (exact) mass is 135 g/mol. The SMILES string of the molecule is [C-]#[N+]Sc1ccccc1. The van der Waals surface area contributed by atoms with E-state index in [0.717, 1.165) is 4.90 Å². The second-order valence-corrected chi connectivity index (χ2v) is 2.33. The lowest BCUT2D eigenvalue weighted by molar-refractivity contribution is 1.47. The highest BCUT2D eigenvalue weighted by atomic mass is 32.2. The molecule has 1 aromatic carbocycles. The fraction of sp³-hybridized carbons (Fsp3) is 0. The van der Waals surface area contributed by atoms with Crippen molar-refractivity contribution in [3.05, 3.63) is 41.2 Å². The van der Waals surface area contributed by atoms with Gasteiger partial charge >= 0.3 is 0 Å². The molecule has 0 atom stereocenters. The molecule has 44 valence electrons. The van der Waals surface area contributed by atoms with E-state index in [1.165, 1.54) is 11.9 Å². The zero-order chi connectivity index (χ0) is 6.53. The molecule has 0 radical (unpaired) electrons. The van der Waals surface area contributed by atoms with Crippen molar-refractivity contribution in [2.75, 3.05) is 0 Å². The zero-order valence-electron chi connectivity index (χ0n) is 4.74. The summed E-state index contributed by atoms with van der Waals surface area (Å²) in [4.78, 5) is 1.01. The molecule has 0 unspecified atom stereocenters. The average Bonchev–Trinajstić information content (AvgIpc) is 1.91. The first-order valence-corrected chi connectivity index (χ1v) is 3.29. The molecule has 0 fully saturated rings. The van der Waals surface area contributed by atoms with Crippen LogP contribution in [0.4, 0.5) is 0 Å². The fourth-order valence-corrected chi connectivity index (χ4v) is 0.918. The van der Waals surface area contributed by atoms with Gasteiger partial charge in [0.2, 0.25) is 0 Å². The zero-order valence-corrected chi connectivity index (χ0v) is 5.56. The van der Waals surface area contributed by atoms with E-state index >= 15 is 0 Å². The van der Waals surface area contributed by atoms with Crippen molar-refractivity contribution < 1.29 is 0 Å². The quantitative estimate of drug-likeness (QED) is 0.423. The smallest absolute Gasteiger partial charge is 0.223 e. The summed E-state index contributed by atoms with van der Waals surface area (Å²) >= 11 is 1.17. The third-order valence-corrected chi connectivity index (χ3v) is 1.47. The van der Waals surface area contributed by atoms with Gasteiger partial charge in [-0.15, -0.1) is 0 Å². The molecule has 0 N–H and O–H groups in total. The molecule has 1 rings (SSSR count). The first-order chi connectivity index (χ1) is 4.43. The van der Waals surface area contributed by atoms with E-state index in [1.807, 2.05) is 30.3 Å². The molecule has 1 aromatic rings. The van der Waals surface area contributed by atoms with Gasteiger partial charge in [-0.3, -0.25) is 0 Å². The number of hydrogen-bond acceptors (Lipinski definition) is 1. The van der Waals surface area contributed by atoms with Crippen LogP contribution in [-0.2, 0) is 0 Å². The van der Waals surface area contributed by atoms with Crippen LogP contribution in [0.25, 0.3) is 4.25 Å². The van der Waals surface area contributed by atoms with Crippen LogP contribution in [0.2, 0.25) is 0 Å². The van der Waals surface area contributed by atoms with Crippen LogP contribution < -0.4 is 0 Å². The summed E-state index contributed by atoms with van der Waals surface area (Å²) in [5, 5.41) is 0. The van der Waals surface area contributed by atoms with Crippen molar-refractivity contribution in [1.82, 2.24) is 0 Å². The Morgan fingerprint density at radius 3 is 2.44 bits per heavy atom. The van der Waals surface area contributed by atoms with E-state index in [0.29, 0.717) is 0 Å². The molecule has 0 aliphatic carbocycles. The van der Waals surface area contributed by atoms with Crippen LogP contribution in [-0.4, -0.2) is 0 Å². The van der Waals surface area contributed by atoms with Gasteiger partial charge in [0, 0.05) is 0 Å². The second-order valence-electron chi connectivity index (χ2n) is 1.50. The van der Waals surface area contributed by atoms with Crippen LogP contribution in [0.15, 0.2) is 35.2 Å². The Balaban J connectivity index is 2.76. The van der Waals surface area contributed by atoms with Gasteiger partial charge in [-0.05, 0) is 12.1 Å². The predicted molar refractivity (Wildman–Crippen MR) is 38.9 cm³/mol. The summed E-state index contributed by atoms with van der Waals surface area (Å²) in [7, 11) is 0. The van der Waals surface area contributed by atoms with Gasteiger partial charge < -0.3 is 0 Å². The van der Waals surface area contributed by atoms with Gasteiger partial charge in [-0.25, -0.2) is 10.8 Å². The van der Waals surface area contributed by atoms with Gasteiger partial charge in [0.1, 0.15) is 0 Å². The first kappa shape index (κ1) is 6.18. The highest BCUT2D eigenvalue weighted by Gasteiger charge is 1.92. The van der Waals surface area contributed by atoms with E-state index in [-0.39, 0.29) is 0 Å². The molecule has 0 spiro atoms. The van der Waals surface area contributed by atoms with Crippen LogP contribution in [0.3, 0.4) is 0 Å². The highest BCUT2D eigenvalue weighted by Crippen LogP contribution is 2.16. The normalized spacial score (nSPS) is 8.33. The Morgan fingerprint density at radius 1 is 1.22 bits per heavy atom. The van der Waals surface area contributed by atoms with E-state index in [9.17, 15) is 0 Å². The van der Waals surface area contributed by atoms with Gasteiger partial charge in [-0.1, -0.05) is 18.2 Å². The molecule has 0 aliphatic rings. The van der Waals surface area contributed by atoms with Crippen molar-refractivity contribution in [2.24, 2.45) is 0 Å². The Morgan fingerprint density at radius 2 is 1.89 bits per heavy atom. The molecule has 0 saturated carbocycles. The molecule has 0 amide bonds. The van der Waals surface area contributed by atoms with Crippen molar-refractivity contribution in [2.45, 2.75) is 4.90 Å². The van der Waals surface area contributed by atoms with Gasteiger partial charge in [-0.2, -0.15) is 0 Å². The minimum atomic E-state index is 1.01. The second kappa shape index (κ2) is 3.16. The maximum Gasteiger partial charge on any atom is 0.294 e. The van der Waals surface area contributed by atoms with Crippen molar-refractivity contribution >= 4 is 11.9 Å². The van der Waals surface area contributed by atoms with Gasteiger partial charge in [0.05, 0.1) is 4.90 Å². The van der Waals surface area contributed by atoms with E-state index in [4.69, 9.17) is 6.57 Å². The standard InChI is InChI=1S/C7H5NS/c1-8-9-7-5-3-2-4-6-7/h2-6H. The summed E-state index contributed by atoms with van der Waals surface area (Å²) in [5.41, 5.74) is 0. The number of benzene rings is 1. The third-order valence-electron chi connectivity index (χ3n) is 0.894. The van der Waals surface area contributed by atoms with E-state index in [2.05, 4.69) is 4.25 Å². The number of nitrogens with zero attached hydrogens (tertiary/aromatic N) is 1. The molecule has 0 aromatic heterocycles. The highest BCUT2D eigenvalue weighted by molar-refractivity contribution is 8.01. The van der Waals surface area contributed by atoms with Crippen molar-refractivity contribution in [3.63, 3.8) is 0 Å². The lowest BCUT2D eigenvalue weighted by Crippen LogP contribution is -1.61. The van der Waals surface area contributed by atoms with Crippen LogP contribution >= 0.6 is 11.9 Å². The van der Waals surface area contributed by atoms with Gasteiger partial charge in [0.15, 0.2) is 0 Å². The van der Waals surface area contributed by atoms with Crippen molar-refractivity contribution in [1.29, 1.82) is 0 Å². The topological polar surface area (TPSA) is 4.36 Å². The summed E-state index contributed by atoms with van der Waals surface area (Å²) in [5.74, 6) is 0. The maximum absolute atomic E-state index is 6.53. The maximum atomic E-state index is 6.53. The van der Waals surface area contributed by atoms with Crippen LogP contribution in [0.1, 0.15) is 0 Å².